The highest BCUT2D eigenvalue weighted by molar-refractivity contribution is 5.97. The Morgan fingerprint density at radius 2 is 1.44 bits per heavy atom. The van der Waals surface area contributed by atoms with Crippen molar-refractivity contribution in [3.63, 3.8) is 0 Å². The molecule has 7 heteroatoms. The molecule has 0 radical (unpaired) electrons. The van der Waals surface area contributed by atoms with E-state index in [0.717, 1.165) is 48.3 Å². The van der Waals surface area contributed by atoms with Gasteiger partial charge in [-0.3, -0.25) is 0 Å². The van der Waals surface area contributed by atoms with Gasteiger partial charge in [-0.1, -0.05) is 72.7 Å². The third-order valence-corrected chi connectivity index (χ3v) is 4.90. The van der Waals surface area contributed by atoms with Crippen molar-refractivity contribution in [2.75, 3.05) is 6.54 Å². The third-order valence-electron chi connectivity index (χ3n) is 4.90. The Morgan fingerprint density at radius 3 is 2.00 bits per heavy atom. The first kappa shape index (κ1) is 23.3. The lowest BCUT2D eigenvalue weighted by atomic mass is 10.0. The summed E-state index contributed by atoms with van der Waals surface area (Å²) in [7, 11) is 0. The number of rotatable bonds is 9. The van der Waals surface area contributed by atoms with Crippen LogP contribution in [0.1, 0.15) is 35.6 Å². The van der Waals surface area contributed by atoms with Crippen LogP contribution in [-0.4, -0.2) is 12.4 Å². The summed E-state index contributed by atoms with van der Waals surface area (Å²) in [6.45, 7) is 4.14. The molecule has 0 aliphatic carbocycles. The van der Waals surface area contributed by atoms with E-state index < -0.39 is 11.7 Å². The van der Waals surface area contributed by atoms with Crippen molar-refractivity contribution in [2.24, 2.45) is 10.9 Å². The normalized spacial score (nSPS) is 12.1. The highest BCUT2D eigenvalue weighted by Gasteiger charge is 2.29. The van der Waals surface area contributed by atoms with Gasteiger partial charge in [0.25, 0.3) is 0 Å². The van der Waals surface area contributed by atoms with Crippen molar-refractivity contribution in [3.8, 4) is 11.1 Å². The van der Waals surface area contributed by atoms with Crippen LogP contribution in [0.4, 0.5) is 13.2 Å². The third kappa shape index (κ3) is 6.59. The zero-order chi connectivity index (χ0) is 23.0. The minimum Gasteiger partial charge on any atom is -0.389 e. The number of amidine groups is 1. The fourth-order valence-electron chi connectivity index (χ4n) is 3.08. The molecule has 0 aliphatic rings. The van der Waals surface area contributed by atoms with Gasteiger partial charge in [0, 0.05) is 12.1 Å². The van der Waals surface area contributed by atoms with Crippen LogP contribution in [0.5, 0.6) is 0 Å². The minimum atomic E-state index is -4.34. The summed E-state index contributed by atoms with van der Waals surface area (Å²) in [5.41, 5.74) is 9.69. The number of benzene rings is 3. The average molecular weight is 441 g/mol. The summed E-state index contributed by atoms with van der Waals surface area (Å²) in [5, 5.41) is 7.32. The molecule has 0 saturated heterocycles. The van der Waals surface area contributed by atoms with E-state index in [-0.39, 0.29) is 6.61 Å². The van der Waals surface area contributed by atoms with E-state index in [0.29, 0.717) is 11.4 Å². The summed E-state index contributed by atoms with van der Waals surface area (Å²) in [5.74, 6) is 0.291. The first-order valence-electron chi connectivity index (χ1n) is 10.4. The van der Waals surface area contributed by atoms with Crippen LogP contribution in [0.15, 0.2) is 78.0 Å². The molecule has 0 atom stereocenters. The van der Waals surface area contributed by atoms with Gasteiger partial charge in [0.1, 0.15) is 6.61 Å². The number of nitrogens with zero attached hydrogens (tertiary/aromatic N) is 1. The van der Waals surface area contributed by atoms with E-state index >= 15 is 0 Å². The molecular weight excluding hydrogens is 415 g/mol. The van der Waals surface area contributed by atoms with Crippen molar-refractivity contribution in [1.82, 2.24) is 5.32 Å². The van der Waals surface area contributed by atoms with Gasteiger partial charge in [-0.2, -0.15) is 13.2 Å². The standard InChI is InChI=1S/C25H26F3N3O/c1-2-15-30-16-18-3-9-22(10-4-18)24(29)31-32-17-19-5-7-20(8-6-19)21-11-13-23(14-12-21)25(26,27)28/h3-14,30H,2,15-17H2,1H3,(H2,29,31). The van der Waals surface area contributed by atoms with E-state index in [9.17, 15) is 13.2 Å². The molecule has 0 bridgehead atoms. The Bertz CT molecular complexity index is 1010. The van der Waals surface area contributed by atoms with Gasteiger partial charge in [0.2, 0.25) is 0 Å². The van der Waals surface area contributed by atoms with Gasteiger partial charge >= 0.3 is 6.18 Å². The van der Waals surface area contributed by atoms with E-state index in [1.165, 1.54) is 17.7 Å². The van der Waals surface area contributed by atoms with Gasteiger partial charge in [-0.25, -0.2) is 0 Å². The topological polar surface area (TPSA) is 59.6 Å². The highest BCUT2D eigenvalue weighted by atomic mass is 19.4. The first-order chi connectivity index (χ1) is 15.4. The smallest absolute Gasteiger partial charge is 0.389 e. The Kier molecular flexibility index (Phi) is 7.89. The van der Waals surface area contributed by atoms with Crippen LogP contribution in [0, 0.1) is 0 Å². The van der Waals surface area contributed by atoms with Crippen LogP contribution < -0.4 is 11.1 Å². The molecule has 0 spiro atoms. The number of oxime groups is 1. The van der Waals surface area contributed by atoms with Gasteiger partial charge in [0.05, 0.1) is 5.56 Å². The summed E-state index contributed by atoms with van der Waals surface area (Å²) in [4.78, 5) is 5.37. The minimum absolute atomic E-state index is 0.229. The Balaban J connectivity index is 1.54. The van der Waals surface area contributed by atoms with Gasteiger partial charge in [-0.15, -0.1) is 0 Å². The molecule has 4 nitrogen and oxygen atoms in total. The first-order valence-corrected chi connectivity index (χ1v) is 10.4. The zero-order valence-corrected chi connectivity index (χ0v) is 17.8. The quantitative estimate of drug-likeness (QED) is 0.194. The average Bonchev–Trinajstić information content (AvgIpc) is 2.80. The Labute approximate surface area is 185 Å². The molecule has 168 valence electrons. The molecule has 3 rings (SSSR count). The molecule has 0 fully saturated rings. The van der Waals surface area contributed by atoms with Gasteiger partial charge in [-0.05, 0) is 47.4 Å². The zero-order valence-electron chi connectivity index (χ0n) is 17.8. The van der Waals surface area contributed by atoms with E-state index in [2.05, 4.69) is 17.4 Å². The van der Waals surface area contributed by atoms with E-state index in [4.69, 9.17) is 10.6 Å². The molecule has 32 heavy (non-hydrogen) atoms. The summed E-state index contributed by atoms with van der Waals surface area (Å²) in [6.07, 6.45) is -3.25. The fourth-order valence-corrected chi connectivity index (χ4v) is 3.08. The van der Waals surface area contributed by atoms with Crippen LogP contribution in [-0.2, 0) is 24.2 Å². The SMILES string of the molecule is CCCNCc1ccc(/C(N)=N/OCc2ccc(-c3ccc(C(F)(F)F)cc3)cc2)cc1. The lowest BCUT2D eigenvalue weighted by Gasteiger charge is -2.08. The lowest BCUT2D eigenvalue weighted by molar-refractivity contribution is -0.137. The Hall–Kier alpha value is -3.32. The van der Waals surface area contributed by atoms with Crippen molar-refractivity contribution in [1.29, 1.82) is 0 Å². The summed E-state index contributed by atoms with van der Waals surface area (Å²) in [6, 6.07) is 20.3. The molecule has 0 amide bonds. The molecule has 0 aliphatic heterocycles. The summed E-state index contributed by atoms with van der Waals surface area (Å²) < 4.78 is 38.1. The number of halogens is 3. The van der Waals surface area contributed by atoms with Crippen LogP contribution in [0.25, 0.3) is 11.1 Å². The predicted octanol–water partition coefficient (Wildman–Crippen LogP) is 5.71. The summed E-state index contributed by atoms with van der Waals surface area (Å²) >= 11 is 0. The van der Waals surface area contributed by atoms with Crippen molar-refractivity contribution >= 4 is 5.84 Å². The molecule has 0 aromatic heterocycles. The fraction of sp³-hybridized carbons (Fsp3) is 0.240. The van der Waals surface area contributed by atoms with E-state index in [1.54, 1.807) is 0 Å². The monoisotopic (exact) mass is 441 g/mol. The number of hydrogen-bond acceptors (Lipinski definition) is 3. The Morgan fingerprint density at radius 1 is 0.875 bits per heavy atom. The van der Waals surface area contributed by atoms with Crippen molar-refractivity contribution in [2.45, 2.75) is 32.7 Å². The number of nitrogens with one attached hydrogen (secondary N) is 1. The largest absolute Gasteiger partial charge is 0.416 e. The van der Waals surface area contributed by atoms with Crippen LogP contribution in [0.2, 0.25) is 0 Å². The molecule has 0 unspecified atom stereocenters. The number of nitrogens with two attached hydrogens (primary N) is 1. The maximum atomic E-state index is 12.7. The maximum absolute atomic E-state index is 12.7. The van der Waals surface area contributed by atoms with Crippen LogP contribution in [0.3, 0.4) is 0 Å². The van der Waals surface area contributed by atoms with Crippen molar-refractivity contribution < 1.29 is 18.0 Å². The molecule has 3 aromatic carbocycles. The predicted molar refractivity (Wildman–Crippen MR) is 121 cm³/mol. The molecule has 0 saturated carbocycles. The maximum Gasteiger partial charge on any atom is 0.416 e. The molecule has 3 N–H and O–H groups in total. The molecule has 3 aromatic rings. The van der Waals surface area contributed by atoms with E-state index in [1.807, 2.05) is 48.5 Å². The highest BCUT2D eigenvalue weighted by Crippen LogP contribution is 2.31. The second-order valence-corrected chi connectivity index (χ2v) is 7.40. The lowest BCUT2D eigenvalue weighted by Crippen LogP contribution is -2.15. The molecular formula is C25H26F3N3O. The number of alkyl halides is 3. The van der Waals surface area contributed by atoms with Gasteiger partial charge < -0.3 is 15.9 Å². The second-order valence-electron chi connectivity index (χ2n) is 7.40. The van der Waals surface area contributed by atoms with Crippen molar-refractivity contribution in [3.05, 3.63) is 95.1 Å². The number of hydrogen-bond donors (Lipinski definition) is 2. The molecule has 0 heterocycles. The van der Waals surface area contributed by atoms with Gasteiger partial charge in [0.15, 0.2) is 5.84 Å². The van der Waals surface area contributed by atoms with Crippen LogP contribution >= 0.6 is 0 Å². The second kappa shape index (κ2) is 10.8.